The van der Waals surface area contributed by atoms with E-state index < -0.39 is 0 Å². The van der Waals surface area contributed by atoms with Crippen LogP contribution in [0.2, 0.25) is 0 Å². The first-order valence-corrected chi connectivity index (χ1v) is 7.47. The van der Waals surface area contributed by atoms with Gasteiger partial charge in [-0.3, -0.25) is 0 Å². The zero-order valence-corrected chi connectivity index (χ0v) is 11.9. The van der Waals surface area contributed by atoms with Gasteiger partial charge in [0.1, 0.15) is 5.75 Å². The average molecular weight is 271 g/mol. The first-order valence-electron chi connectivity index (χ1n) is 7.47. The van der Waals surface area contributed by atoms with E-state index in [1.807, 2.05) is 6.07 Å². The summed E-state index contributed by atoms with van der Waals surface area (Å²) in [5.74, 6) is 0.942. The van der Waals surface area contributed by atoms with Crippen molar-refractivity contribution < 1.29 is 4.74 Å². The number of nitrogens with one attached hydrogen (secondary N) is 3. The number of hydrogen-bond donors (Lipinski definition) is 3. The van der Waals surface area contributed by atoms with Gasteiger partial charge in [-0.2, -0.15) is 0 Å². The number of H-pyrrole nitrogens is 1. The number of rotatable bonds is 1. The van der Waals surface area contributed by atoms with Crippen LogP contribution in [0.25, 0.3) is 10.9 Å². The molecule has 0 atom stereocenters. The largest absolute Gasteiger partial charge is 0.497 e. The third kappa shape index (κ3) is 1.68. The maximum Gasteiger partial charge on any atom is 0.119 e. The first kappa shape index (κ1) is 12.2. The van der Waals surface area contributed by atoms with Crippen LogP contribution in [0.4, 0.5) is 0 Å². The Morgan fingerprint density at radius 3 is 2.80 bits per heavy atom. The number of aromatic nitrogens is 1. The second-order valence-electron chi connectivity index (χ2n) is 5.90. The highest BCUT2D eigenvalue weighted by atomic mass is 16.5. The number of ether oxygens (including phenoxy) is 1. The van der Waals surface area contributed by atoms with Gasteiger partial charge in [0.2, 0.25) is 0 Å². The van der Waals surface area contributed by atoms with E-state index in [9.17, 15) is 0 Å². The van der Waals surface area contributed by atoms with Crippen molar-refractivity contribution in [1.29, 1.82) is 0 Å². The summed E-state index contributed by atoms with van der Waals surface area (Å²) in [5, 5.41) is 8.58. The first-order chi connectivity index (χ1) is 9.82. The van der Waals surface area contributed by atoms with Gasteiger partial charge in [-0.05, 0) is 56.1 Å². The minimum Gasteiger partial charge on any atom is -0.497 e. The van der Waals surface area contributed by atoms with Crippen molar-refractivity contribution in [2.75, 3.05) is 26.7 Å². The Kier molecular flexibility index (Phi) is 2.75. The molecule has 0 saturated carbocycles. The van der Waals surface area contributed by atoms with Gasteiger partial charge in [0.15, 0.2) is 0 Å². The van der Waals surface area contributed by atoms with Gasteiger partial charge in [0.05, 0.1) is 12.6 Å². The van der Waals surface area contributed by atoms with E-state index in [-0.39, 0.29) is 5.54 Å². The molecule has 0 unspecified atom stereocenters. The zero-order valence-electron chi connectivity index (χ0n) is 11.9. The molecule has 0 amide bonds. The van der Waals surface area contributed by atoms with Crippen molar-refractivity contribution in [2.45, 2.75) is 24.8 Å². The van der Waals surface area contributed by atoms with Crippen molar-refractivity contribution in [2.24, 2.45) is 0 Å². The minimum absolute atomic E-state index is 0.144. The molecule has 2 aliphatic heterocycles. The predicted octanol–water partition coefficient (Wildman–Crippen LogP) is 1.90. The topological polar surface area (TPSA) is 49.1 Å². The Bertz CT molecular complexity index is 640. The van der Waals surface area contributed by atoms with Gasteiger partial charge in [-0.1, -0.05) is 0 Å². The zero-order chi connectivity index (χ0) is 13.6. The van der Waals surface area contributed by atoms with Gasteiger partial charge in [0, 0.05) is 23.1 Å². The van der Waals surface area contributed by atoms with Gasteiger partial charge in [0.25, 0.3) is 0 Å². The lowest BCUT2D eigenvalue weighted by atomic mass is 9.80. The molecule has 0 aliphatic carbocycles. The molecule has 4 nitrogen and oxygen atoms in total. The van der Waals surface area contributed by atoms with E-state index in [0.29, 0.717) is 0 Å². The van der Waals surface area contributed by atoms with Crippen molar-refractivity contribution >= 4 is 10.9 Å². The maximum atomic E-state index is 5.38. The second kappa shape index (κ2) is 4.50. The number of methoxy groups -OCH3 is 1. The third-order valence-corrected chi connectivity index (χ3v) is 4.89. The van der Waals surface area contributed by atoms with Crippen molar-refractivity contribution in [1.82, 2.24) is 15.6 Å². The van der Waals surface area contributed by atoms with Crippen LogP contribution in [0, 0.1) is 0 Å². The Labute approximate surface area is 118 Å². The fraction of sp³-hybridized carbons (Fsp3) is 0.500. The minimum atomic E-state index is 0.144. The molecule has 1 saturated heterocycles. The third-order valence-electron chi connectivity index (χ3n) is 4.89. The summed E-state index contributed by atoms with van der Waals surface area (Å²) in [7, 11) is 1.73. The molecule has 106 valence electrons. The van der Waals surface area contributed by atoms with Crippen LogP contribution in [0.5, 0.6) is 5.75 Å². The van der Waals surface area contributed by atoms with E-state index in [0.717, 1.165) is 44.6 Å². The fourth-order valence-corrected chi connectivity index (χ4v) is 3.82. The predicted molar refractivity (Wildman–Crippen MR) is 80.3 cm³/mol. The van der Waals surface area contributed by atoms with Gasteiger partial charge in [-0.25, -0.2) is 0 Å². The number of hydrogen-bond acceptors (Lipinski definition) is 3. The number of fused-ring (bicyclic) bond motifs is 4. The molecule has 1 spiro atoms. The maximum absolute atomic E-state index is 5.38. The standard InChI is InChI=1S/C16H21N3O/c1-20-11-2-3-14-13(10-11)12-4-7-18-16(15(12)19-14)5-8-17-9-6-16/h2-3,10,17-19H,4-9H2,1H3. The SMILES string of the molecule is COc1ccc2[nH]c3c(c2c1)CCNC31CCNCC1. The lowest BCUT2D eigenvalue weighted by Gasteiger charge is -2.41. The summed E-state index contributed by atoms with van der Waals surface area (Å²) in [6.07, 6.45) is 3.41. The molecular formula is C16H21N3O. The molecule has 4 rings (SSSR count). The van der Waals surface area contributed by atoms with Crippen LogP contribution in [-0.2, 0) is 12.0 Å². The van der Waals surface area contributed by atoms with Crippen LogP contribution >= 0.6 is 0 Å². The highest BCUT2D eigenvalue weighted by molar-refractivity contribution is 5.86. The van der Waals surface area contributed by atoms with E-state index in [4.69, 9.17) is 4.74 Å². The van der Waals surface area contributed by atoms with E-state index >= 15 is 0 Å². The number of aromatic amines is 1. The van der Waals surface area contributed by atoms with Crippen LogP contribution in [-0.4, -0.2) is 31.7 Å². The van der Waals surface area contributed by atoms with Gasteiger partial charge >= 0.3 is 0 Å². The van der Waals surface area contributed by atoms with Gasteiger partial charge < -0.3 is 20.4 Å². The lowest BCUT2D eigenvalue weighted by Crippen LogP contribution is -2.53. The molecular weight excluding hydrogens is 250 g/mol. The van der Waals surface area contributed by atoms with Crippen LogP contribution in [0.15, 0.2) is 18.2 Å². The average Bonchev–Trinajstić information content (AvgIpc) is 2.88. The van der Waals surface area contributed by atoms with Crippen LogP contribution in [0.1, 0.15) is 24.1 Å². The van der Waals surface area contributed by atoms with Crippen LogP contribution in [0.3, 0.4) is 0 Å². The summed E-state index contributed by atoms with van der Waals surface area (Å²) >= 11 is 0. The van der Waals surface area contributed by atoms with E-state index in [1.165, 1.54) is 22.2 Å². The lowest BCUT2D eigenvalue weighted by molar-refractivity contribution is 0.230. The summed E-state index contributed by atoms with van der Waals surface area (Å²) in [6.45, 7) is 3.24. The molecule has 1 aromatic carbocycles. The molecule has 4 heteroatoms. The van der Waals surface area contributed by atoms with Gasteiger partial charge in [-0.15, -0.1) is 0 Å². The molecule has 3 heterocycles. The quantitative estimate of drug-likeness (QED) is 0.742. The molecule has 2 aromatic rings. The molecule has 0 radical (unpaired) electrons. The second-order valence-corrected chi connectivity index (χ2v) is 5.90. The molecule has 3 N–H and O–H groups in total. The summed E-state index contributed by atoms with van der Waals surface area (Å²) < 4.78 is 5.38. The summed E-state index contributed by atoms with van der Waals surface area (Å²) in [6, 6.07) is 6.35. The normalized spacial score (nSPS) is 21.1. The fourth-order valence-electron chi connectivity index (χ4n) is 3.82. The molecule has 0 bridgehead atoms. The summed E-state index contributed by atoms with van der Waals surface area (Å²) in [5.41, 5.74) is 4.27. The molecule has 1 fully saturated rings. The highest BCUT2D eigenvalue weighted by Gasteiger charge is 2.39. The number of benzene rings is 1. The Morgan fingerprint density at radius 1 is 1.15 bits per heavy atom. The summed E-state index contributed by atoms with van der Waals surface area (Å²) in [4.78, 5) is 3.68. The monoisotopic (exact) mass is 271 g/mol. The molecule has 20 heavy (non-hydrogen) atoms. The van der Waals surface area contributed by atoms with E-state index in [1.54, 1.807) is 7.11 Å². The van der Waals surface area contributed by atoms with Crippen molar-refractivity contribution in [3.05, 3.63) is 29.5 Å². The van der Waals surface area contributed by atoms with Crippen molar-refractivity contribution in [3.63, 3.8) is 0 Å². The molecule has 2 aliphatic rings. The smallest absolute Gasteiger partial charge is 0.119 e. The Morgan fingerprint density at radius 2 is 2.00 bits per heavy atom. The number of piperidine rings is 1. The highest BCUT2D eigenvalue weighted by Crippen LogP contribution is 2.39. The Balaban J connectivity index is 1.90. The van der Waals surface area contributed by atoms with Crippen LogP contribution < -0.4 is 15.4 Å². The van der Waals surface area contributed by atoms with Crippen molar-refractivity contribution in [3.8, 4) is 5.75 Å². The Hall–Kier alpha value is -1.52. The van der Waals surface area contributed by atoms with E-state index in [2.05, 4.69) is 27.8 Å². The molecule has 1 aromatic heterocycles.